The maximum absolute atomic E-state index is 11.9. The molecule has 6 heteroatoms. The zero-order chi connectivity index (χ0) is 15.1. The largest absolute Gasteiger partial charge is 0.481 e. The smallest absolute Gasteiger partial charge is 0.305 e. The zero-order valence-electron chi connectivity index (χ0n) is 11.8. The summed E-state index contributed by atoms with van der Waals surface area (Å²) < 4.78 is 0. The van der Waals surface area contributed by atoms with E-state index in [1.165, 1.54) is 11.8 Å². The van der Waals surface area contributed by atoms with Crippen LogP contribution in [0.15, 0.2) is 29.2 Å². The standard InChI is InChI=1S/C14H19NO3S2/c1-9(19-2)14(18)15-12(8-13(16)17)10-4-6-11(20-3)7-5-10/h4-7,9,12H,8H2,1-3H3,(H,15,18)(H,16,17). The van der Waals surface area contributed by atoms with Crippen molar-refractivity contribution in [2.75, 3.05) is 12.5 Å². The molecule has 0 aliphatic rings. The number of aliphatic carboxylic acids is 1. The van der Waals surface area contributed by atoms with E-state index >= 15 is 0 Å². The molecule has 0 aliphatic carbocycles. The molecule has 1 amide bonds. The van der Waals surface area contributed by atoms with E-state index in [-0.39, 0.29) is 17.6 Å². The fourth-order valence-electron chi connectivity index (χ4n) is 1.66. The van der Waals surface area contributed by atoms with Crippen LogP contribution in [-0.2, 0) is 9.59 Å². The van der Waals surface area contributed by atoms with Crippen molar-refractivity contribution in [2.24, 2.45) is 0 Å². The maximum Gasteiger partial charge on any atom is 0.305 e. The number of hydrogen-bond acceptors (Lipinski definition) is 4. The van der Waals surface area contributed by atoms with Gasteiger partial charge in [-0.3, -0.25) is 9.59 Å². The second kappa shape index (κ2) is 8.21. The number of benzene rings is 1. The van der Waals surface area contributed by atoms with E-state index in [1.807, 2.05) is 36.8 Å². The van der Waals surface area contributed by atoms with Crippen LogP contribution in [-0.4, -0.2) is 34.7 Å². The van der Waals surface area contributed by atoms with E-state index in [2.05, 4.69) is 5.32 Å². The molecule has 0 aliphatic heterocycles. The summed E-state index contributed by atoms with van der Waals surface area (Å²) in [6.45, 7) is 1.80. The third-order valence-electron chi connectivity index (χ3n) is 2.94. The number of nitrogens with one attached hydrogen (secondary N) is 1. The summed E-state index contributed by atoms with van der Waals surface area (Å²) in [5.74, 6) is -1.07. The molecule has 1 aromatic rings. The summed E-state index contributed by atoms with van der Waals surface area (Å²) in [6.07, 6.45) is 3.71. The summed E-state index contributed by atoms with van der Waals surface area (Å²) in [5, 5.41) is 11.6. The van der Waals surface area contributed by atoms with Gasteiger partial charge in [0.25, 0.3) is 0 Å². The van der Waals surface area contributed by atoms with Crippen LogP contribution in [0.5, 0.6) is 0 Å². The molecule has 0 aromatic heterocycles. The molecule has 0 radical (unpaired) electrons. The number of rotatable bonds is 7. The lowest BCUT2D eigenvalue weighted by atomic mass is 10.0. The first kappa shape index (κ1) is 16.9. The summed E-state index contributed by atoms with van der Waals surface area (Å²) >= 11 is 3.05. The van der Waals surface area contributed by atoms with Gasteiger partial charge in [-0.15, -0.1) is 11.8 Å². The van der Waals surface area contributed by atoms with Crippen molar-refractivity contribution in [3.05, 3.63) is 29.8 Å². The lowest BCUT2D eigenvalue weighted by Crippen LogP contribution is -2.35. The van der Waals surface area contributed by atoms with Crippen LogP contribution in [0, 0.1) is 0 Å². The van der Waals surface area contributed by atoms with Gasteiger partial charge >= 0.3 is 5.97 Å². The molecule has 1 rings (SSSR count). The number of thioether (sulfide) groups is 2. The molecule has 2 atom stereocenters. The van der Waals surface area contributed by atoms with E-state index in [0.29, 0.717) is 0 Å². The molecule has 0 saturated carbocycles. The maximum atomic E-state index is 11.9. The summed E-state index contributed by atoms with van der Waals surface area (Å²) in [4.78, 5) is 24.0. The Kier molecular flexibility index (Phi) is 6.95. The van der Waals surface area contributed by atoms with Crippen LogP contribution < -0.4 is 5.32 Å². The number of hydrogen-bond donors (Lipinski definition) is 2. The van der Waals surface area contributed by atoms with Gasteiger partial charge in [-0.25, -0.2) is 0 Å². The quantitative estimate of drug-likeness (QED) is 0.758. The minimum Gasteiger partial charge on any atom is -0.481 e. The normalized spacial score (nSPS) is 13.6. The van der Waals surface area contributed by atoms with Gasteiger partial charge in [0.1, 0.15) is 0 Å². The van der Waals surface area contributed by atoms with Crippen molar-refractivity contribution in [1.82, 2.24) is 5.32 Å². The molecular weight excluding hydrogens is 294 g/mol. The van der Waals surface area contributed by atoms with Gasteiger partial charge in [0.2, 0.25) is 5.91 Å². The highest BCUT2D eigenvalue weighted by atomic mass is 32.2. The Morgan fingerprint density at radius 1 is 1.25 bits per heavy atom. The molecule has 4 nitrogen and oxygen atoms in total. The van der Waals surface area contributed by atoms with Crippen molar-refractivity contribution in [3.63, 3.8) is 0 Å². The van der Waals surface area contributed by atoms with E-state index in [0.717, 1.165) is 10.5 Å². The molecule has 2 N–H and O–H groups in total. The molecule has 20 heavy (non-hydrogen) atoms. The van der Waals surface area contributed by atoms with Crippen LogP contribution in [0.1, 0.15) is 24.9 Å². The first-order valence-electron chi connectivity index (χ1n) is 6.16. The highest BCUT2D eigenvalue weighted by Crippen LogP contribution is 2.22. The molecule has 0 bridgehead atoms. The number of carbonyl (C=O) groups excluding carboxylic acids is 1. The molecule has 1 aromatic carbocycles. The third kappa shape index (κ3) is 5.09. The van der Waals surface area contributed by atoms with E-state index < -0.39 is 12.0 Å². The Labute approximate surface area is 127 Å². The molecule has 2 unspecified atom stereocenters. The fraction of sp³-hybridized carbons (Fsp3) is 0.429. The lowest BCUT2D eigenvalue weighted by molar-refractivity contribution is -0.137. The van der Waals surface area contributed by atoms with Crippen molar-refractivity contribution < 1.29 is 14.7 Å². The Morgan fingerprint density at radius 2 is 1.85 bits per heavy atom. The van der Waals surface area contributed by atoms with Gasteiger partial charge in [0.15, 0.2) is 0 Å². The second-order valence-corrected chi connectivity index (χ2v) is 6.37. The first-order chi connectivity index (χ1) is 9.47. The SMILES string of the molecule is CSc1ccc(C(CC(=O)O)NC(=O)C(C)SC)cc1. The van der Waals surface area contributed by atoms with Gasteiger partial charge in [0, 0.05) is 4.90 Å². The third-order valence-corrected chi connectivity index (χ3v) is 4.60. The first-order valence-corrected chi connectivity index (χ1v) is 8.68. The van der Waals surface area contributed by atoms with Crippen molar-refractivity contribution in [2.45, 2.75) is 29.5 Å². The van der Waals surface area contributed by atoms with Crippen LogP contribution >= 0.6 is 23.5 Å². The minimum atomic E-state index is -0.930. The molecule has 110 valence electrons. The average molecular weight is 313 g/mol. The lowest BCUT2D eigenvalue weighted by Gasteiger charge is -2.19. The Balaban J connectivity index is 2.87. The summed E-state index contributed by atoms with van der Waals surface area (Å²) in [6, 6.07) is 7.09. The molecule has 0 spiro atoms. The van der Waals surface area contributed by atoms with Gasteiger partial charge < -0.3 is 10.4 Å². The molecule has 0 saturated heterocycles. The average Bonchev–Trinajstić information content (AvgIpc) is 2.45. The van der Waals surface area contributed by atoms with E-state index in [4.69, 9.17) is 5.11 Å². The second-order valence-electron chi connectivity index (χ2n) is 4.31. The predicted molar refractivity (Wildman–Crippen MR) is 84.3 cm³/mol. The molecular formula is C14H19NO3S2. The van der Waals surface area contributed by atoms with Gasteiger partial charge in [-0.2, -0.15) is 11.8 Å². The van der Waals surface area contributed by atoms with E-state index in [1.54, 1.807) is 18.7 Å². The number of carboxylic acid groups (broad SMARTS) is 1. The number of amides is 1. The van der Waals surface area contributed by atoms with Gasteiger partial charge in [-0.05, 0) is 37.1 Å². The Hall–Kier alpha value is -1.14. The minimum absolute atomic E-state index is 0.120. The monoisotopic (exact) mass is 313 g/mol. The Bertz CT molecular complexity index is 462. The molecule has 0 fully saturated rings. The highest BCUT2D eigenvalue weighted by Gasteiger charge is 2.20. The van der Waals surface area contributed by atoms with Crippen LogP contribution in [0.3, 0.4) is 0 Å². The Morgan fingerprint density at radius 3 is 2.30 bits per heavy atom. The number of carboxylic acids is 1. The van der Waals surface area contributed by atoms with Gasteiger partial charge in [0.05, 0.1) is 17.7 Å². The summed E-state index contributed by atoms with van der Waals surface area (Å²) in [5.41, 5.74) is 0.812. The van der Waals surface area contributed by atoms with Crippen molar-refractivity contribution in [3.8, 4) is 0 Å². The van der Waals surface area contributed by atoms with E-state index in [9.17, 15) is 9.59 Å². The predicted octanol–water partition coefficient (Wildman–Crippen LogP) is 2.79. The van der Waals surface area contributed by atoms with Crippen molar-refractivity contribution >= 4 is 35.4 Å². The number of carbonyl (C=O) groups is 2. The fourth-order valence-corrected chi connectivity index (χ4v) is 2.35. The molecule has 0 heterocycles. The van der Waals surface area contributed by atoms with Gasteiger partial charge in [-0.1, -0.05) is 12.1 Å². The highest BCUT2D eigenvalue weighted by molar-refractivity contribution is 7.99. The summed E-state index contributed by atoms with van der Waals surface area (Å²) in [7, 11) is 0. The van der Waals surface area contributed by atoms with Crippen LogP contribution in [0.2, 0.25) is 0 Å². The van der Waals surface area contributed by atoms with Crippen LogP contribution in [0.25, 0.3) is 0 Å². The van der Waals surface area contributed by atoms with Crippen LogP contribution in [0.4, 0.5) is 0 Å². The zero-order valence-corrected chi connectivity index (χ0v) is 13.4. The topological polar surface area (TPSA) is 66.4 Å². The van der Waals surface area contributed by atoms with Crippen molar-refractivity contribution in [1.29, 1.82) is 0 Å².